The summed E-state index contributed by atoms with van der Waals surface area (Å²) < 4.78 is 0. The van der Waals surface area contributed by atoms with Crippen LogP contribution in [0.5, 0.6) is 0 Å². The van der Waals surface area contributed by atoms with Gasteiger partial charge < -0.3 is 5.32 Å². The van der Waals surface area contributed by atoms with E-state index < -0.39 is 0 Å². The molecule has 1 atom stereocenters. The molecule has 0 aliphatic heterocycles. The van der Waals surface area contributed by atoms with Crippen LogP contribution in [-0.4, -0.2) is 11.3 Å². The fourth-order valence-corrected chi connectivity index (χ4v) is 1.99. The average molecular weight is 283 g/mol. The molecule has 102 valence electrons. The van der Waals surface area contributed by atoms with E-state index in [9.17, 15) is 0 Å². The molecule has 0 unspecified atom stereocenters. The number of rotatable bonds is 4. The van der Waals surface area contributed by atoms with E-state index >= 15 is 0 Å². The Bertz CT molecular complexity index is 567. The molecule has 0 aliphatic rings. The van der Waals surface area contributed by atoms with Gasteiger partial charge in [-0.15, -0.1) is 0 Å². The molecular formula is C16H17N3S. The summed E-state index contributed by atoms with van der Waals surface area (Å²) in [6, 6.07) is 20.2. The Morgan fingerprint density at radius 1 is 1.05 bits per heavy atom. The third kappa shape index (κ3) is 4.48. The Kier molecular flexibility index (Phi) is 5.26. The van der Waals surface area contributed by atoms with Gasteiger partial charge in [0.1, 0.15) is 0 Å². The number of hydrazone groups is 1. The standard InChI is InChI=1S/C16H17N3S/c1-13(15-10-6-3-7-11-15)18-16(20)19-17-12-14-8-4-2-5-9-14/h2-13H,1H3,(H2,18,19,20)/b17-12+/t13-/m0/s1. The van der Waals surface area contributed by atoms with Gasteiger partial charge in [-0.25, -0.2) is 0 Å². The first-order chi connectivity index (χ1) is 9.75. The van der Waals surface area contributed by atoms with Crippen molar-refractivity contribution in [2.45, 2.75) is 13.0 Å². The second kappa shape index (κ2) is 7.40. The summed E-state index contributed by atoms with van der Waals surface area (Å²) in [6.45, 7) is 2.06. The molecule has 0 bridgehead atoms. The summed E-state index contributed by atoms with van der Waals surface area (Å²) in [4.78, 5) is 0. The van der Waals surface area contributed by atoms with Gasteiger partial charge in [-0.05, 0) is 30.3 Å². The molecule has 4 heteroatoms. The lowest BCUT2D eigenvalue weighted by Crippen LogP contribution is -2.34. The molecule has 0 amide bonds. The van der Waals surface area contributed by atoms with Crippen LogP contribution < -0.4 is 10.7 Å². The van der Waals surface area contributed by atoms with E-state index in [2.05, 4.69) is 34.9 Å². The van der Waals surface area contributed by atoms with E-state index in [0.717, 1.165) is 5.56 Å². The van der Waals surface area contributed by atoms with Gasteiger partial charge in [0.2, 0.25) is 0 Å². The first kappa shape index (κ1) is 14.2. The summed E-state index contributed by atoms with van der Waals surface area (Å²) >= 11 is 5.21. The number of hydrogen-bond acceptors (Lipinski definition) is 2. The molecule has 0 spiro atoms. The van der Waals surface area contributed by atoms with Crippen molar-refractivity contribution in [3.63, 3.8) is 0 Å². The zero-order chi connectivity index (χ0) is 14.2. The first-order valence-corrected chi connectivity index (χ1v) is 6.86. The molecule has 0 saturated carbocycles. The van der Waals surface area contributed by atoms with Crippen molar-refractivity contribution in [1.29, 1.82) is 0 Å². The second-order valence-corrected chi connectivity index (χ2v) is 4.79. The number of thiocarbonyl (C=S) groups is 1. The highest BCUT2D eigenvalue weighted by Crippen LogP contribution is 2.10. The van der Waals surface area contributed by atoms with E-state index in [-0.39, 0.29) is 6.04 Å². The van der Waals surface area contributed by atoms with Crippen molar-refractivity contribution in [2.24, 2.45) is 5.10 Å². The molecule has 2 N–H and O–H groups in total. The molecule has 2 aromatic carbocycles. The van der Waals surface area contributed by atoms with Gasteiger partial charge in [0.15, 0.2) is 5.11 Å². The SMILES string of the molecule is C[C@H](NC(=S)N/N=C/c1ccccc1)c1ccccc1. The molecule has 2 aromatic rings. The van der Waals surface area contributed by atoms with Crippen LogP contribution in [0.25, 0.3) is 0 Å². The van der Waals surface area contributed by atoms with Gasteiger partial charge >= 0.3 is 0 Å². The zero-order valence-corrected chi connectivity index (χ0v) is 12.1. The van der Waals surface area contributed by atoms with Gasteiger partial charge in [0.05, 0.1) is 12.3 Å². The Balaban J connectivity index is 1.83. The minimum Gasteiger partial charge on any atom is -0.355 e. The fourth-order valence-electron chi connectivity index (χ4n) is 1.76. The summed E-state index contributed by atoms with van der Waals surface area (Å²) in [5, 5.41) is 7.81. The van der Waals surface area contributed by atoms with E-state index in [1.54, 1.807) is 6.21 Å². The lowest BCUT2D eigenvalue weighted by molar-refractivity contribution is 0.704. The van der Waals surface area contributed by atoms with Crippen LogP contribution in [0.1, 0.15) is 24.1 Å². The molecule has 0 saturated heterocycles. The van der Waals surface area contributed by atoms with E-state index in [0.29, 0.717) is 5.11 Å². The third-order valence-corrected chi connectivity index (χ3v) is 3.04. The van der Waals surface area contributed by atoms with Crippen molar-refractivity contribution < 1.29 is 0 Å². The van der Waals surface area contributed by atoms with Crippen molar-refractivity contribution in [2.75, 3.05) is 0 Å². The molecule has 0 radical (unpaired) electrons. The summed E-state index contributed by atoms with van der Waals surface area (Å²) in [5.41, 5.74) is 5.03. The largest absolute Gasteiger partial charge is 0.355 e. The smallest absolute Gasteiger partial charge is 0.187 e. The van der Waals surface area contributed by atoms with Gasteiger partial charge in [0.25, 0.3) is 0 Å². The van der Waals surface area contributed by atoms with Crippen molar-refractivity contribution in [3.8, 4) is 0 Å². The predicted octanol–water partition coefficient (Wildman–Crippen LogP) is 3.25. The normalized spacial score (nSPS) is 12.1. The van der Waals surface area contributed by atoms with Crippen molar-refractivity contribution >= 4 is 23.5 Å². The van der Waals surface area contributed by atoms with Crippen LogP contribution >= 0.6 is 12.2 Å². The fraction of sp³-hybridized carbons (Fsp3) is 0.125. The molecule has 0 heterocycles. The first-order valence-electron chi connectivity index (χ1n) is 6.45. The van der Waals surface area contributed by atoms with Gasteiger partial charge in [-0.3, -0.25) is 5.43 Å². The van der Waals surface area contributed by atoms with E-state index in [1.165, 1.54) is 5.56 Å². The van der Waals surface area contributed by atoms with Crippen LogP contribution in [0.4, 0.5) is 0 Å². The van der Waals surface area contributed by atoms with Crippen molar-refractivity contribution in [1.82, 2.24) is 10.7 Å². The number of hydrogen-bond donors (Lipinski definition) is 2. The van der Waals surface area contributed by atoms with Crippen LogP contribution in [0.3, 0.4) is 0 Å². The summed E-state index contributed by atoms with van der Waals surface area (Å²) in [6.07, 6.45) is 1.74. The highest BCUT2D eigenvalue weighted by Gasteiger charge is 2.04. The molecular weight excluding hydrogens is 266 g/mol. The highest BCUT2D eigenvalue weighted by atomic mass is 32.1. The third-order valence-electron chi connectivity index (χ3n) is 2.83. The van der Waals surface area contributed by atoms with Crippen LogP contribution in [-0.2, 0) is 0 Å². The Morgan fingerprint density at radius 2 is 1.65 bits per heavy atom. The maximum Gasteiger partial charge on any atom is 0.187 e. The Hall–Kier alpha value is -2.20. The highest BCUT2D eigenvalue weighted by molar-refractivity contribution is 7.80. The van der Waals surface area contributed by atoms with Crippen LogP contribution in [0.15, 0.2) is 65.8 Å². The van der Waals surface area contributed by atoms with Gasteiger partial charge in [-0.1, -0.05) is 60.7 Å². The number of benzene rings is 2. The minimum atomic E-state index is 0.142. The molecule has 20 heavy (non-hydrogen) atoms. The number of nitrogens with one attached hydrogen (secondary N) is 2. The molecule has 0 aromatic heterocycles. The molecule has 0 fully saturated rings. The van der Waals surface area contributed by atoms with E-state index in [1.807, 2.05) is 48.5 Å². The minimum absolute atomic E-state index is 0.142. The predicted molar refractivity (Wildman–Crippen MR) is 87.8 cm³/mol. The maximum absolute atomic E-state index is 5.21. The van der Waals surface area contributed by atoms with Crippen molar-refractivity contribution in [3.05, 3.63) is 71.8 Å². The molecule has 2 rings (SSSR count). The summed E-state index contributed by atoms with van der Waals surface area (Å²) in [7, 11) is 0. The lowest BCUT2D eigenvalue weighted by atomic mass is 10.1. The Morgan fingerprint density at radius 3 is 2.30 bits per heavy atom. The monoisotopic (exact) mass is 283 g/mol. The van der Waals surface area contributed by atoms with Gasteiger partial charge in [-0.2, -0.15) is 5.10 Å². The average Bonchev–Trinajstić information content (AvgIpc) is 2.49. The quantitative estimate of drug-likeness (QED) is 0.514. The van der Waals surface area contributed by atoms with Crippen LogP contribution in [0, 0.1) is 0 Å². The molecule has 0 aliphatic carbocycles. The maximum atomic E-state index is 5.21. The second-order valence-electron chi connectivity index (χ2n) is 4.39. The molecule has 3 nitrogen and oxygen atoms in total. The van der Waals surface area contributed by atoms with Gasteiger partial charge in [0, 0.05) is 0 Å². The lowest BCUT2D eigenvalue weighted by Gasteiger charge is -2.15. The summed E-state index contributed by atoms with van der Waals surface area (Å²) in [5.74, 6) is 0. The number of nitrogens with zero attached hydrogens (tertiary/aromatic N) is 1. The zero-order valence-electron chi connectivity index (χ0n) is 11.3. The Labute approximate surface area is 124 Å². The van der Waals surface area contributed by atoms with Crippen LogP contribution in [0.2, 0.25) is 0 Å². The topological polar surface area (TPSA) is 36.4 Å². The van der Waals surface area contributed by atoms with E-state index in [4.69, 9.17) is 12.2 Å².